The molecule has 2 bridgehead atoms. The van der Waals surface area contributed by atoms with Crippen LogP contribution in [0.4, 0.5) is 0 Å². The van der Waals surface area contributed by atoms with Crippen molar-refractivity contribution in [2.45, 2.75) is 55.6 Å². The van der Waals surface area contributed by atoms with E-state index < -0.39 is 16.0 Å². The number of nitrogens with one attached hydrogen (secondary N) is 2. The molecule has 2 N–H and O–H groups in total. The van der Waals surface area contributed by atoms with E-state index in [1.54, 1.807) is 0 Å². The Morgan fingerprint density at radius 2 is 1.96 bits per heavy atom. The third-order valence-electron chi connectivity index (χ3n) is 4.34. The number of methoxy groups -OCH3 is 1. The third kappa shape index (κ3) is 3.71. The molecule has 1 aromatic rings. The largest absolute Gasteiger partial charge is 0.463 e. The molecule has 7 nitrogen and oxygen atoms in total. The number of aryl methyl sites for hydroxylation is 1. The van der Waals surface area contributed by atoms with Crippen molar-refractivity contribution >= 4 is 28.4 Å². The number of furan rings is 1. The van der Waals surface area contributed by atoms with Crippen molar-refractivity contribution in [3.8, 4) is 0 Å². The Labute approximate surface area is 141 Å². The second-order valence-electron chi connectivity index (χ2n) is 5.95. The van der Waals surface area contributed by atoms with Crippen LogP contribution in [0.15, 0.2) is 15.4 Å². The Kier molecular flexibility index (Phi) is 5.40. The highest BCUT2D eigenvalue weighted by Crippen LogP contribution is 2.28. The summed E-state index contributed by atoms with van der Waals surface area (Å²) in [6.07, 6.45) is 3.77. The Morgan fingerprint density at radius 1 is 1.35 bits per heavy atom. The molecule has 2 aliphatic heterocycles. The van der Waals surface area contributed by atoms with Gasteiger partial charge in [0.1, 0.15) is 10.7 Å². The summed E-state index contributed by atoms with van der Waals surface area (Å²) in [6, 6.07) is 1.92. The summed E-state index contributed by atoms with van der Waals surface area (Å²) in [6.45, 7) is 1.52. The Bertz CT molecular complexity index is 675. The molecule has 2 aliphatic rings. The smallest absolute Gasteiger partial charge is 0.373 e. The van der Waals surface area contributed by atoms with Gasteiger partial charge >= 0.3 is 5.97 Å². The standard InChI is InChI=1S/C14H20N2O5S.ClH/c1-8-13(7-12(21-8)14(17)20-2)22(18,19)16-11-5-9-3-4-10(6-11)15-9;/h7,9-11,15-16H,3-6H2,1-2H3;1H. The predicted octanol–water partition coefficient (Wildman–Crippen LogP) is 1.36. The zero-order chi connectivity index (χ0) is 15.9. The Morgan fingerprint density at radius 3 is 2.52 bits per heavy atom. The summed E-state index contributed by atoms with van der Waals surface area (Å²) >= 11 is 0. The first-order chi connectivity index (χ1) is 10.4. The molecule has 23 heavy (non-hydrogen) atoms. The first-order valence-electron chi connectivity index (χ1n) is 7.36. The molecule has 130 valence electrons. The van der Waals surface area contributed by atoms with Gasteiger partial charge in [-0.25, -0.2) is 17.9 Å². The van der Waals surface area contributed by atoms with Crippen molar-refractivity contribution < 1.29 is 22.4 Å². The first kappa shape index (κ1) is 18.3. The van der Waals surface area contributed by atoms with E-state index in [-0.39, 0.29) is 34.9 Å². The normalized spacial score (nSPS) is 26.6. The van der Waals surface area contributed by atoms with Crippen LogP contribution in [0.5, 0.6) is 0 Å². The number of rotatable bonds is 4. The topological polar surface area (TPSA) is 97.6 Å². The zero-order valence-electron chi connectivity index (χ0n) is 13.0. The van der Waals surface area contributed by atoms with Gasteiger partial charge in [0.25, 0.3) is 0 Å². The molecule has 0 aliphatic carbocycles. The minimum absolute atomic E-state index is 0. The number of carbonyl (C=O) groups excluding carboxylic acids is 1. The van der Waals surface area contributed by atoms with Gasteiger partial charge in [0.15, 0.2) is 0 Å². The lowest BCUT2D eigenvalue weighted by Gasteiger charge is -2.29. The number of ether oxygens (including phenoxy) is 1. The van der Waals surface area contributed by atoms with Gasteiger partial charge in [-0.15, -0.1) is 12.4 Å². The fourth-order valence-corrected chi connectivity index (χ4v) is 4.81. The average Bonchev–Trinajstić information content (AvgIpc) is 3.01. The molecule has 0 spiro atoms. The van der Waals surface area contributed by atoms with Crippen molar-refractivity contribution in [2.24, 2.45) is 0 Å². The number of sulfonamides is 1. The Balaban J connectivity index is 0.00000192. The fraction of sp³-hybridized carbons (Fsp3) is 0.643. The maximum absolute atomic E-state index is 12.5. The van der Waals surface area contributed by atoms with E-state index in [2.05, 4.69) is 14.8 Å². The van der Waals surface area contributed by atoms with Crippen LogP contribution in [0, 0.1) is 6.92 Å². The maximum atomic E-state index is 12.5. The van der Waals surface area contributed by atoms with Crippen molar-refractivity contribution in [2.75, 3.05) is 7.11 Å². The molecule has 2 unspecified atom stereocenters. The summed E-state index contributed by atoms with van der Waals surface area (Å²) in [5.41, 5.74) is 0. The SMILES string of the molecule is COC(=O)c1cc(S(=O)(=O)NC2CC3CCC(C2)N3)c(C)o1.Cl. The predicted molar refractivity (Wildman–Crippen MR) is 85.3 cm³/mol. The second-order valence-corrected chi connectivity index (χ2v) is 7.63. The third-order valence-corrected chi connectivity index (χ3v) is 5.97. The number of hydrogen-bond acceptors (Lipinski definition) is 6. The molecule has 2 atom stereocenters. The lowest BCUT2D eigenvalue weighted by molar-refractivity contribution is 0.0563. The van der Waals surface area contributed by atoms with Crippen LogP contribution >= 0.6 is 12.4 Å². The van der Waals surface area contributed by atoms with Crippen molar-refractivity contribution in [3.05, 3.63) is 17.6 Å². The van der Waals surface area contributed by atoms with Crippen LogP contribution in [-0.4, -0.2) is 39.6 Å². The number of hydrogen-bond donors (Lipinski definition) is 2. The molecule has 3 heterocycles. The zero-order valence-corrected chi connectivity index (χ0v) is 14.6. The van der Waals surface area contributed by atoms with Gasteiger partial charge in [0.2, 0.25) is 15.8 Å². The Hall–Kier alpha value is -1.09. The summed E-state index contributed by atoms with van der Waals surface area (Å²) in [4.78, 5) is 11.4. The summed E-state index contributed by atoms with van der Waals surface area (Å²) in [7, 11) is -2.49. The number of fused-ring (bicyclic) bond motifs is 2. The summed E-state index contributed by atoms with van der Waals surface area (Å²) < 4.78 is 37.6. The first-order valence-corrected chi connectivity index (χ1v) is 8.84. The van der Waals surface area contributed by atoms with Crippen LogP contribution in [0.25, 0.3) is 0 Å². The molecular formula is C14H21ClN2O5S. The van der Waals surface area contributed by atoms with Crippen LogP contribution < -0.4 is 10.0 Å². The van der Waals surface area contributed by atoms with Gasteiger partial charge in [-0.2, -0.15) is 0 Å². The van der Waals surface area contributed by atoms with Crippen LogP contribution in [0.3, 0.4) is 0 Å². The van der Waals surface area contributed by atoms with Crippen molar-refractivity contribution in [1.82, 2.24) is 10.0 Å². The molecule has 2 saturated heterocycles. The molecular weight excluding hydrogens is 344 g/mol. The second kappa shape index (κ2) is 6.80. The molecule has 0 saturated carbocycles. The van der Waals surface area contributed by atoms with Gasteiger partial charge in [-0.3, -0.25) is 0 Å². The van der Waals surface area contributed by atoms with Gasteiger partial charge < -0.3 is 14.5 Å². The van der Waals surface area contributed by atoms with E-state index >= 15 is 0 Å². The monoisotopic (exact) mass is 364 g/mol. The van der Waals surface area contributed by atoms with E-state index in [1.165, 1.54) is 20.1 Å². The summed E-state index contributed by atoms with van der Waals surface area (Å²) in [5.74, 6) is -0.611. The van der Waals surface area contributed by atoms with Gasteiger partial charge in [-0.05, 0) is 32.6 Å². The van der Waals surface area contributed by atoms with Gasteiger partial charge in [0, 0.05) is 24.2 Å². The van der Waals surface area contributed by atoms with E-state index in [9.17, 15) is 13.2 Å². The summed E-state index contributed by atoms with van der Waals surface area (Å²) in [5, 5.41) is 3.47. The maximum Gasteiger partial charge on any atom is 0.373 e. The quantitative estimate of drug-likeness (QED) is 0.783. The molecule has 3 rings (SSSR count). The van der Waals surface area contributed by atoms with E-state index in [1.807, 2.05) is 0 Å². The van der Waals surface area contributed by atoms with E-state index in [0.29, 0.717) is 12.1 Å². The minimum Gasteiger partial charge on any atom is -0.463 e. The number of esters is 1. The van der Waals surface area contributed by atoms with Crippen molar-refractivity contribution in [1.29, 1.82) is 0 Å². The van der Waals surface area contributed by atoms with Gasteiger partial charge in [0.05, 0.1) is 7.11 Å². The molecule has 9 heteroatoms. The lowest BCUT2D eigenvalue weighted by Crippen LogP contribution is -2.47. The number of halogens is 1. The van der Waals surface area contributed by atoms with Crippen LogP contribution in [0.1, 0.15) is 42.0 Å². The average molecular weight is 365 g/mol. The lowest BCUT2D eigenvalue weighted by atomic mass is 10.0. The van der Waals surface area contributed by atoms with E-state index in [4.69, 9.17) is 4.42 Å². The van der Waals surface area contributed by atoms with Crippen molar-refractivity contribution in [3.63, 3.8) is 0 Å². The van der Waals surface area contributed by atoms with Crippen LogP contribution in [-0.2, 0) is 14.8 Å². The molecule has 0 radical (unpaired) electrons. The molecule has 2 fully saturated rings. The highest BCUT2D eigenvalue weighted by molar-refractivity contribution is 7.89. The molecule has 1 aromatic heterocycles. The van der Waals surface area contributed by atoms with Crippen LogP contribution in [0.2, 0.25) is 0 Å². The highest BCUT2D eigenvalue weighted by Gasteiger charge is 2.36. The van der Waals surface area contributed by atoms with Gasteiger partial charge in [-0.1, -0.05) is 0 Å². The molecule has 0 aromatic carbocycles. The number of carbonyl (C=O) groups is 1. The fourth-order valence-electron chi connectivity index (χ4n) is 3.37. The number of piperidine rings is 1. The molecule has 0 amide bonds. The highest BCUT2D eigenvalue weighted by atomic mass is 35.5. The van der Waals surface area contributed by atoms with E-state index in [0.717, 1.165) is 25.7 Å². The minimum atomic E-state index is -3.71.